The Kier molecular flexibility index (Phi) is 10.1. The molecule has 7 unspecified atom stereocenters. The van der Waals surface area contributed by atoms with Gasteiger partial charge >= 0.3 is 0 Å². The van der Waals surface area contributed by atoms with Gasteiger partial charge in [0, 0.05) is 53.5 Å². The van der Waals surface area contributed by atoms with Crippen LogP contribution in [0.1, 0.15) is 85.3 Å². The molecular formula is C37H43ClFN3O3S. The third-order valence-corrected chi connectivity index (χ3v) is 12.0. The first kappa shape index (κ1) is 32.7. The van der Waals surface area contributed by atoms with Gasteiger partial charge in [0.2, 0.25) is 0 Å². The molecular weight excluding hydrogens is 621 g/mol. The SMILES string of the molecule is CCCc1cc(Cl)ccc1C1COc2ccc3cc2N(C1)CC1CCC1C(c1cnccc1F)/C=C/CC(C)C(C)S(=O)NC3=O. The number of amides is 1. The molecule has 1 amide bonds. The van der Waals surface area contributed by atoms with Gasteiger partial charge in [-0.05, 0) is 97.9 Å². The zero-order chi connectivity index (χ0) is 32.4. The topological polar surface area (TPSA) is 71.5 Å². The molecule has 0 spiro atoms. The van der Waals surface area contributed by atoms with E-state index >= 15 is 4.39 Å². The fourth-order valence-electron chi connectivity index (χ4n) is 7.23. The number of benzene rings is 2. The fraction of sp³-hybridized carbons (Fsp3) is 0.459. The molecule has 2 aliphatic heterocycles. The third kappa shape index (κ3) is 6.89. The number of nitrogens with zero attached hydrogens (tertiary/aromatic N) is 2. The molecule has 3 aliphatic rings. The number of anilines is 1. The van der Waals surface area contributed by atoms with Gasteiger partial charge in [-0.25, -0.2) is 8.60 Å². The number of aromatic nitrogens is 1. The molecule has 0 radical (unpaired) electrons. The Morgan fingerprint density at radius 2 is 1.96 bits per heavy atom. The number of hydrogen-bond donors (Lipinski definition) is 1. The monoisotopic (exact) mass is 663 g/mol. The molecule has 3 heterocycles. The van der Waals surface area contributed by atoms with Crippen molar-refractivity contribution in [2.24, 2.45) is 17.8 Å². The number of carbonyl (C=O) groups is 1. The summed E-state index contributed by atoms with van der Waals surface area (Å²) in [6.07, 6.45) is 12.0. The van der Waals surface area contributed by atoms with E-state index in [9.17, 15) is 9.00 Å². The van der Waals surface area contributed by atoms with Gasteiger partial charge in [-0.3, -0.25) is 14.5 Å². The molecule has 2 bridgehead atoms. The van der Waals surface area contributed by atoms with Crippen LogP contribution in [-0.4, -0.2) is 40.0 Å². The lowest BCUT2D eigenvalue weighted by atomic mass is 9.65. The Balaban J connectivity index is 1.41. The van der Waals surface area contributed by atoms with Crippen molar-refractivity contribution in [1.29, 1.82) is 0 Å². The van der Waals surface area contributed by atoms with Crippen LogP contribution in [0.15, 0.2) is 67.0 Å². The number of halogens is 2. The van der Waals surface area contributed by atoms with E-state index in [0.29, 0.717) is 36.6 Å². The standard InChI is InChI=1S/C37H43ClFN3O3S/c1-4-6-25-17-29(38)11-13-30(25)28-21-42-20-27-9-12-31(27)32(33-19-40-16-15-34(33)39)8-5-7-23(2)24(3)46(44)41-37(43)26-10-14-36(45-22-28)35(42)18-26/h5,8,10-11,13-19,23-24,27-28,31-32H,4,6-7,9,12,20-22H2,1-3H3,(H,41,43)/b8-5+. The van der Waals surface area contributed by atoms with E-state index in [1.54, 1.807) is 12.3 Å². The van der Waals surface area contributed by atoms with Crippen LogP contribution in [0.2, 0.25) is 5.02 Å². The number of allylic oxidation sites excluding steroid dienone is 2. The largest absolute Gasteiger partial charge is 0.491 e. The van der Waals surface area contributed by atoms with E-state index in [-0.39, 0.29) is 40.6 Å². The van der Waals surface area contributed by atoms with Gasteiger partial charge in [0.05, 0.1) is 17.5 Å². The predicted molar refractivity (Wildman–Crippen MR) is 183 cm³/mol. The maximum Gasteiger partial charge on any atom is 0.263 e. The second kappa shape index (κ2) is 14.3. The minimum atomic E-state index is -1.58. The van der Waals surface area contributed by atoms with Crippen molar-refractivity contribution in [2.75, 3.05) is 24.6 Å². The normalized spacial score (nSPS) is 29.0. The number of fused-ring (bicyclic) bond motifs is 2. The molecule has 1 saturated carbocycles. The Morgan fingerprint density at radius 3 is 2.72 bits per heavy atom. The molecule has 9 heteroatoms. The molecule has 6 rings (SSSR count). The maximum atomic E-state index is 15.3. The van der Waals surface area contributed by atoms with Crippen molar-refractivity contribution in [3.05, 3.63) is 100 Å². The molecule has 1 N–H and O–H groups in total. The Hall–Kier alpha value is -3.23. The summed E-state index contributed by atoms with van der Waals surface area (Å²) >= 11 is 6.43. The van der Waals surface area contributed by atoms with Gasteiger partial charge in [0.15, 0.2) is 0 Å². The number of aryl methyl sites for hydroxylation is 1. The number of rotatable bonds is 4. The lowest BCUT2D eigenvalue weighted by Crippen LogP contribution is -2.42. The van der Waals surface area contributed by atoms with Gasteiger partial charge in [-0.1, -0.05) is 50.1 Å². The highest BCUT2D eigenvalue weighted by Gasteiger charge is 2.40. The van der Waals surface area contributed by atoms with E-state index in [4.69, 9.17) is 16.3 Å². The first-order valence-electron chi connectivity index (χ1n) is 16.5. The highest BCUT2D eigenvalue weighted by Crippen LogP contribution is 2.47. The van der Waals surface area contributed by atoms with Crippen LogP contribution in [-0.2, 0) is 17.4 Å². The van der Waals surface area contributed by atoms with Crippen LogP contribution in [0.3, 0.4) is 0 Å². The average Bonchev–Trinajstić information content (AvgIpc) is 3.21. The lowest BCUT2D eigenvalue weighted by Gasteiger charge is -2.44. The summed E-state index contributed by atoms with van der Waals surface area (Å²) in [5.41, 5.74) is 4.38. The van der Waals surface area contributed by atoms with Gasteiger partial charge in [-0.15, -0.1) is 0 Å². The van der Waals surface area contributed by atoms with E-state index in [0.717, 1.165) is 48.7 Å². The van der Waals surface area contributed by atoms with Crippen LogP contribution in [0, 0.1) is 23.6 Å². The molecule has 1 aromatic heterocycles. The van der Waals surface area contributed by atoms with Crippen LogP contribution < -0.4 is 14.4 Å². The Bertz CT molecular complexity index is 1630. The second-order valence-corrected chi connectivity index (χ2v) is 15.2. The average molecular weight is 664 g/mol. The first-order chi connectivity index (χ1) is 22.2. The smallest absolute Gasteiger partial charge is 0.263 e. The third-order valence-electron chi connectivity index (χ3n) is 10.2. The van der Waals surface area contributed by atoms with Crippen molar-refractivity contribution < 1.29 is 18.1 Å². The predicted octanol–water partition coefficient (Wildman–Crippen LogP) is 8.00. The summed E-state index contributed by atoms with van der Waals surface area (Å²) in [5.74, 6) is 0.655. The van der Waals surface area contributed by atoms with Crippen LogP contribution in [0.4, 0.5) is 10.1 Å². The van der Waals surface area contributed by atoms with E-state index in [2.05, 4.69) is 45.8 Å². The molecule has 0 saturated heterocycles. The minimum Gasteiger partial charge on any atom is -0.491 e. The van der Waals surface area contributed by atoms with E-state index in [1.807, 2.05) is 32.0 Å². The summed E-state index contributed by atoms with van der Waals surface area (Å²) in [4.78, 5) is 20.1. The maximum absolute atomic E-state index is 15.3. The number of nitrogens with one attached hydrogen (secondary N) is 1. The molecule has 1 aliphatic carbocycles. The van der Waals surface area contributed by atoms with E-state index < -0.39 is 11.0 Å². The van der Waals surface area contributed by atoms with Crippen molar-refractivity contribution in [3.63, 3.8) is 0 Å². The molecule has 2 aromatic carbocycles. The number of ether oxygens (including phenoxy) is 1. The number of hydrogen-bond acceptors (Lipinski definition) is 5. The highest BCUT2D eigenvalue weighted by atomic mass is 35.5. The van der Waals surface area contributed by atoms with Crippen LogP contribution >= 0.6 is 11.6 Å². The zero-order valence-electron chi connectivity index (χ0n) is 26.8. The highest BCUT2D eigenvalue weighted by molar-refractivity contribution is 7.84. The second-order valence-electron chi connectivity index (χ2n) is 13.2. The molecule has 244 valence electrons. The summed E-state index contributed by atoms with van der Waals surface area (Å²) in [5, 5.41) is 0.454. The van der Waals surface area contributed by atoms with Crippen molar-refractivity contribution >= 4 is 34.2 Å². The van der Waals surface area contributed by atoms with Gasteiger partial charge in [0.25, 0.3) is 5.91 Å². The number of carbonyl (C=O) groups excluding carboxylic acids is 1. The summed E-state index contributed by atoms with van der Waals surface area (Å²) in [7, 11) is -1.58. The van der Waals surface area contributed by atoms with Gasteiger partial charge in [-0.2, -0.15) is 0 Å². The van der Waals surface area contributed by atoms with Crippen molar-refractivity contribution in [1.82, 2.24) is 9.71 Å². The van der Waals surface area contributed by atoms with Gasteiger partial charge < -0.3 is 9.64 Å². The van der Waals surface area contributed by atoms with Crippen molar-refractivity contribution in [2.45, 2.75) is 70.0 Å². The summed E-state index contributed by atoms with van der Waals surface area (Å²) in [6, 6.07) is 13.1. The minimum absolute atomic E-state index is 0.0419. The van der Waals surface area contributed by atoms with Crippen LogP contribution in [0.25, 0.3) is 0 Å². The Morgan fingerprint density at radius 1 is 1.11 bits per heavy atom. The van der Waals surface area contributed by atoms with Crippen molar-refractivity contribution in [3.8, 4) is 5.75 Å². The first-order valence-corrected chi connectivity index (χ1v) is 18.1. The molecule has 46 heavy (non-hydrogen) atoms. The zero-order valence-corrected chi connectivity index (χ0v) is 28.3. The molecule has 7 atom stereocenters. The number of pyridine rings is 1. The molecule has 3 aromatic rings. The summed E-state index contributed by atoms with van der Waals surface area (Å²) < 4.78 is 37.8. The van der Waals surface area contributed by atoms with E-state index in [1.165, 1.54) is 23.4 Å². The lowest BCUT2D eigenvalue weighted by molar-refractivity contribution is 0.0982. The molecule has 1 fully saturated rings. The summed E-state index contributed by atoms with van der Waals surface area (Å²) in [6.45, 7) is 8.03. The Labute approximate surface area is 279 Å². The fourth-order valence-corrected chi connectivity index (χ4v) is 8.44. The van der Waals surface area contributed by atoms with Gasteiger partial charge in [0.1, 0.15) is 22.6 Å². The quantitative estimate of drug-likeness (QED) is 0.287. The molecule has 6 nitrogen and oxygen atoms in total. The van der Waals surface area contributed by atoms with Crippen LogP contribution in [0.5, 0.6) is 5.75 Å².